The third-order valence-electron chi connectivity index (χ3n) is 3.85. The number of carbonyl (C=O) groups is 1. The average Bonchev–Trinajstić information content (AvgIpc) is 2.64. The standard InChI is InChI=1S/C20H19FN4O/c1-13(2)14-3-7-17(8-4-14)25-20(26)18-11-19(23-12-22-18)24-16-9-5-15(21)6-10-16/h3-13H,1-2H3,(H,25,26)(H,22,23,24). The normalized spacial score (nSPS) is 10.6. The van der Waals surface area contributed by atoms with Crippen LogP contribution in [0.3, 0.4) is 0 Å². The molecule has 2 N–H and O–H groups in total. The molecule has 5 nitrogen and oxygen atoms in total. The summed E-state index contributed by atoms with van der Waals surface area (Å²) in [5, 5.41) is 5.83. The molecule has 0 radical (unpaired) electrons. The van der Waals surface area contributed by atoms with E-state index in [0.29, 0.717) is 23.1 Å². The first kappa shape index (κ1) is 17.5. The van der Waals surface area contributed by atoms with Gasteiger partial charge in [-0.05, 0) is 47.9 Å². The zero-order chi connectivity index (χ0) is 18.5. The third kappa shape index (κ3) is 4.42. The molecule has 0 unspecified atom stereocenters. The highest BCUT2D eigenvalue weighted by Crippen LogP contribution is 2.18. The molecular formula is C20H19FN4O. The van der Waals surface area contributed by atoms with Crippen molar-refractivity contribution < 1.29 is 9.18 Å². The van der Waals surface area contributed by atoms with Crippen LogP contribution in [-0.2, 0) is 0 Å². The van der Waals surface area contributed by atoms with E-state index in [1.807, 2.05) is 24.3 Å². The van der Waals surface area contributed by atoms with Crippen molar-refractivity contribution >= 4 is 23.1 Å². The Hall–Kier alpha value is -3.28. The number of nitrogens with zero attached hydrogens (tertiary/aromatic N) is 2. The van der Waals surface area contributed by atoms with E-state index < -0.39 is 0 Å². The summed E-state index contributed by atoms with van der Waals surface area (Å²) in [5.41, 5.74) is 2.81. The van der Waals surface area contributed by atoms with Gasteiger partial charge in [0.15, 0.2) is 0 Å². The molecule has 0 spiro atoms. The summed E-state index contributed by atoms with van der Waals surface area (Å²) < 4.78 is 13.0. The van der Waals surface area contributed by atoms with E-state index >= 15 is 0 Å². The summed E-state index contributed by atoms with van der Waals surface area (Å²) in [5.74, 6) is 0.238. The van der Waals surface area contributed by atoms with Crippen LogP contribution in [0.15, 0.2) is 60.9 Å². The van der Waals surface area contributed by atoms with Crippen molar-refractivity contribution in [1.82, 2.24) is 9.97 Å². The van der Waals surface area contributed by atoms with E-state index in [0.717, 1.165) is 0 Å². The Kier molecular flexibility index (Phi) is 5.22. The minimum Gasteiger partial charge on any atom is -0.340 e. The fraction of sp³-hybridized carbons (Fsp3) is 0.150. The number of halogens is 1. The van der Waals surface area contributed by atoms with Gasteiger partial charge in [-0.15, -0.1) is 0 Å². The first-order valence-corrected chi connectivity index (χ1v) is 8.27. The summed E-state index contributed by atoms with van der Waals surface area (Å²) in [6.07, 6.45) is 1.31. The Labute approximate surface area is 151 Å². The molecule has 1 amide bonds. The minimum atomic E-state index is -0.327. The Morgan fingerprint density at radius 3 is 2.27 bits per heavy atom. The molecule has 0 saturated heterocycles. The van der Waals surface area contributed by atoms with Crippen LogP contribution < -0.4 is 10.6 Å². The van der Waals surface area contributed by atoms with Crippen LogP contribution in [0.4, 0.5) is 21.6 Å². The van der Waals surface area contributed by atoms with Gasteiger partial charge < -0.3 is 10.6 Å². The number of nitrogens with one attached hydrogen (secondary N) is 2. The molecule has 3 aromatic rings. The lowest BCUT2D eigenvalue weighted by Crippen LogP contribution is -2.14. The number of carbonyl (C=O) groups excluding carboxylic acids is 1. The van der Waals surface area contributed by atoms with Crippen LogP contribution in [0.2, 0.25) is 0 Å². The molecule has 1 aromatic heterocycles. The second kappa shape index (κ2) is 7.74. The fourth-order valence-corrected chi connectivity index (χ4v) is 2.38. The molecule has 0 atom stereocenters. The van der Waals surface area contributed by atoms with Crippen molar-refractivity contribution in [3.05, 3.63) is 78.0 Å². The Bertz CT molecular complexity index is 892. The van der Waals surface area contributed by atoms with Gasteiger partial charge in [-0.3, -0.25) is 4.79 Å². The third-order valence-corrected chi connectivity index (χ3v) is 3.85. The molecule has 3 rings (SSSR count). The van der Waals surface area contributed by atoms with E-state index in [4.69, 9.17) is 0 Å². The molecule has 0 aliphatic carbocycles. The topological polar surface area (TPSA) is 66.9 Å². The van der Waals surface area contributed by atoms with Gasteiger partial charge in [0, 0.05) is 17.4 Å². The van der Waals surface area contributed by atoms with Gasteiger partial charge in [-0.25, -0.2) is 14.4 Å². The summed E-state index contributed by atoms with van der Waals surface area (Å²) >= 11 is 0. The molecule has 1 heterocycles. The van der Waals surface area contributed by atoms with E-state index in [1.165, 1.54) is 24.0 Å². The molecule has 0 aliphatic heterocycles. The maximum absolute atomic E-state index is 13.0. The van der Waals surface area contributed by atoms with E-state index in [9.17, 15) is 9.18 Å². The average molecular weight is 350 g/mol. The summed E-state index contributed by atoms with van der Waals surface area (Å²) in [7, 11) is 0. The van der Waals surface area contributed by atoms with Crippen LogP contribution >= 0.6 is 0 Å². The van der Waals surface area contributed by atoms with E-state index in [1.54, 1.807) is 18.2 Å². The predicted molar refractivity (Wildman–Crippen MR) is 100 cm³/mol. The molecule has 0 fully saturated rings. The van der Waals surface area contributed by atoms with Crippen LogP contribution in [0.1, 0.15) is 35.8 Å². The lowest BCUT2D eigenvalue weighted by atomic mass is 10.0. The molecule has 0 bridgehead atoms. The molecular weight excluding hydrogens is 331 g/mol. The highest BCUT2D eigenvalue weighted by molar-refractivity contribution is 6.03. The highest BCUT2D eigenvalue weighted by Gasteiger charge is 2.10. The van der Waals surface area contributed by atoms with Crippen LogP contribution in [0.5, 0.6) is 0 Å². The summed E-state index contributed by atoms with van der Waals surface area (Å²) in [6, 6.07) is 15.1. The number of amides is 1. The monoisotopic (exact) mass is 350 g/mol. The molecule has 132 valence electrons. The highest BCUT2D eigenvalue weighted by atomic mass is 19.1. The van der Waals surface area contributed by atoms with Crippen molar-refractivity contribution in [2.45, 2.75) is 19.8 Å². The lowest BCUT2D eigenvalue weighted by molar-refractivity contribution is 0.102. The van der Waals surface area contributed by atoms with Crippen molar-refractivity contribution in [1.29, 1.82) is 0 Å². The van der Waals surface area contributed by atoms with Gasteiger partial charge in [0.2, 0.25) is 0 Å². The number of rotatable bonds is 5. The van der Waals surface area contributed by atoms with Crippen molar-refractivity contribution in [3.8, 4) is 0 Å². The largest absolute Gasteiger partial charge is 0.340 e. The van der Waals surface area contributed by atoms with Gasteiger partial charge in [0.05, 0.1) is 0 Å². The van der Waals surface area contributed by atoms with E-state index in [2.05, 4.69) is 34.4 Å². The molecule has 6 heteroatoms. The quantitative estimate of drug-likeness (QED) is 0.698. The molecule has 2 aromatic carbocycles. The predicted octanol–water partition coefficient (Wildman–Crippen LogP) is 4.74. The second-order valence-corrected chi connectivity index (χ2v) is 6.15. The first-order chi connectivity index (χ1) is 12.5. The van der Waals surface area contributed by atoms with Crippen LogP contribution in [0, 0.1) is 5.82 Å². The Balaban J connectivity index is 1.70. The molecule has 26 heavy (non-hydrogen) atoms. The molecule has 0 saturated carbocycles. The maximum atomic E-state index is 13.0. The van der Waals surface area contributed by atoms with Crippen molar-refractivity contribution in [2.75, 3.05) is 10.6 Å². The van der Waals surface area contributed by atoms with Crippen LogP contribution in [0.25, 0.3) is 0 Å². The van der Waals surface area contributed by atoms with Gasteiger partial charge in [0.25, 0.3) is 5.91 Å². The second-order valence-electron chi connectivity index (χ2n) is 6.15. The van der Waals surface area contributed by atoms with Crippen molar-refractivity contribution in [2.24, 2.45) is 0 Å². The Morgan fingerprint density at radius 2 is 1.62 bits per heavy atom. The lowest BCUT2D eigenvalue weighted by Gasteiger charge is -2.09. The van der Waals surface area contributed by atoms with Gasteiger partial charge in [0.1, 0.15) is 23.7 Å². The Morgan fingerprint density at radius 1 is 0.962 bits per heavy atom. The van der Waals surface area contributed by atoms with Gasteiger partial charge in [-0.2, -0.15) is 0 Å². The maximum Gasteiger partial charge on any atom is 0.274 e. The number of hydrogen-bond donors (Lipinski definition) is 2. The fourth-order valence-electron chi connectivity index (χ4n) is 2.38. The summed E-state index contributed by atoms with van der Waals surface area (Å²) in [4.78, 5) is 20.5. The SMILES string of the molecule is CC(C)c1ccc(NC(=O)c2cc(Nc3ccc(F)cc3)ncn2)cc1. The summed E-state index contributed by atoms with van der Waals surface area (Å²) in [6.45, 7) is 4.23. The minimum absolute atomic E-state index is 0.234. The zero-order valence-electron chi connectivity index (χ0n) is 14.5. The van der Waals surface area contributed by atoms with Crippen molar-refractivity contribution in [3.63, 3.8) is 0 Å². The van der Waals surface area contributed by atoms with Crippen LogP contribution in [-0.4, -0.2) is 15.9 Å². The van der Waals surface area contributed by atoms with Gasteiger partial charge >= 0.3 is 0 Å². The number of benzene rings is 2. The molecule has 0 aliphatic rings. The van der Waals surface area contributed by atoms with E-state index in [-0.39, 0.29) is 17.4 Å². The number of anilines is 3. The number of aromatic nitrogens is 2. The van der Waals surface area contributed by atoms with Gasteiger partial charge in [-0.1, -0.05) is 26.0 Å². The number of hydrogen-bond acceptors (Lipinski definition) is 4. The zero-order valence-corrected chi connectivity index (χ0v) is 14.5. The first-order valence-electron chi connectivity index (χ1n) is 8.27. The smallest absolute Gasteiger partial charge is 0.274 e.